The van der Waals surface area contributed by atoms with Crippen LogP contribution in [-0.2, 0) is 19.1 Å². The third-order valence-corrected chi connectivity index (χ3v) is 2.32. The van der Waals surface area contributed by atoms with E-state index < -0.39 is 5.97 Å². The number of hydrogen-bond acceptors (Lipinski definition) is 4. The van der Waals surface area contributed by atoms with Crippen molar-refractivity contribution in [3.63, 3.8) is 0 Å². The molecule has 0 spiro atoms. The van der Waals surface area contributed by atoms with Gasteiger partial charge in [0, 0.05) is 6.04 Å². The van der Waals surface area contributed by atoms with E-state index in [1.54, 1.807) is 4.90 Å². The van der Waals surface area contributed by atoms with Crippen LogP contribution in [0.4, 0.5) is 0 Å². The smallest absolute Gasteiger partial charge is 0.339 e. The maximum atomic E-state index is 11.7. The van der Waals surface area contributed by atoms with Crippen molar-refractivity contribution >= 4 is 11.9 Å². The highest BCUT2D eigenvalue weighted by atomic mass is 16.5. The quantitative estimate of drug-likeness (QED) is 0.633. The van der Waals surface area contributed by atoms with Crippen molar-refractivity contribution in [3.8, 4) is 0 Å². The molecule has 1 heterocycles. The number of carbonyl (C=O) groups excluding carboxylic acids is 2. The lowest BCUT2D eigenvalue weighted by molar-refractivity contribution is -0.136. The number of ether oxygens (including phenoxy) is 2. The van der Waals surface area contributed by atoms with E-state index in [1.165, 1.54) is 14.2 Å². The average molecular weight is 213 g/mol. The Balaban J connectivity index is 2.98. The first kappa shape index (κ1) is 11.6. The predicted octanol–water partition coefficient (Wildman–Crippen LogP) is 0.310. The number of rotatable bonds is 3. The van der Waals surface area contributed by atoms with Gasteiger partial charge in [-0.25, -0.2) is 4.79 Å². The summed E-state index contributed by atoms with van der Waals surface area (Å²) in [6, 6.07) is 0.0322. The molecule has 0 saturated heterocycles. The zero-order chi connectivity index (χ0) is 11.6. The largest absolute Gasteiger partial charge is 0.491 e. The Hall–Kier alpha value is -1.52. The number of hydrogen-bond donors (Lipinski definition) is 0. The first-order valence-electron chi connectivity index (χ1n) is 4.69. The van der Waals surface area contributed by atoms with Gasteiger partial charge >= 0.3 is 5.97 Å². The second-order valence-electron chi connectivity index (χ2n) is 3.53. The molecule has 0 aromatic rings. The fourth-order valence-electron chi connectivity index (χ4n) is 1.48. The zero-order valence-electron chi connectivity index (χ0n) is 9.36. The van der Waals surface area contributed by atoms with Gasteiger partial charge in [0.1, 0.15) is 5.57 Å². The molecule has 15 heavy (non-hydrogen) atoms. The molecule has 0 fully saturated rings. The molecule has 84 valence electrons. The molecule has 0 unspecified atom stereocenters. The van der Waals surface area contributed by atoms with Crippen LogP contribution in [0.25, 0.3) is 0 Å². The Morgan fingerprint density at radius 1 is 1.40 bits per heavy atom. The van der Waals surface area contributed by atoms with Gasteiger partial charge in [0.15, 0.2) is 5.76 Å². The number of methoxy groups -OCH3 is 2. The van der Waals surface area contributed by atoms with Crippen LogP contribution in [0.5, 0.6) is 0 Å². The predicted molar refractivity (Wildman–Crippen MR) is 52.9 cm³/mol. The van der Waals surface area contributed by atoms with E-state index in [9.17, 15) is 9.59 Å². The lowest BCUT2D eigenvalue weighted by Crippen LogP contribution is -2.34. The molecular weight excluding hydrogens is 198 g/mol. The minimum Gasteiger partial charge on any atom is -0.491 e. The Kier molecular flexibility index (Phi) is 3.34. The summed E-state index contributed by atoms with van der Waals surface area (Å²) in [5.74, 6) is -0.674. The van der Waals surface area contributed by atoms with Crippen LogP contribution in [0.2, 0.25) is 0 Å². The van der Waals surface area contributed by atoms with E-state index >= 15 is 0 Å². The van der Waals surface area contributed by atoms with Crippen LogP contribution in [0.3, 0.4) is 0 Å². The fourth-order valence-corrected chi connectivity index (χ4v) is 1.48. The summed E-state index contributed by atoms with van der Waals surface area (Å²) in [5.41, 5.74) is 0.290. The molecular formula is C10H15NO4. The van der Waals surface area contributed by atoms with Crippen molar-refractivity contribution in [2.75, 3.05) is 20.8 Å². The normalized spacial score (nSPS) is 16.3. The molecule has 0 N–H and O–H groups in total. The van der Waals surface area contributed by atoms with Gasteiger partial charge in [-0.3, -0.25) is 4.79 Å². The summed E-state index contributed by atoms with van der Waals surface area (Å²) in [4.78, 5) is 24.7. The lowest BCUT2D eigenvalue weighted by atomic mass is 10.2. The third kappa shape index (κ3) is 1.95. The summed E-state index contributed by atoms with van der Waals surface area (Å²) in [6.07, 6.45) is 0. The topological polar surface area (TPSA) is 55.8 Å². The fraction of sp³-hybridized carbons (Fsp3) is 0.600. The van der Waals surface area contributed by atoms with Gasteiger partial charge in [-0.15, -0.1) is 0 Å². The van der Waals surface area contributed by atoms with Gasteiger partial charge in [-0.05, 0) is 13.8 Å². The Morgan fingerprint density at radius 3 is 2.40 bits per heavy atom. The standard InChI is InChI=1S/C10H15NO4/c1-6(2)11-5-7(10(13)15-4)8(14-3)9(11)12/h6H,5H2,1-4H3. The van der Waals surface area contributed by atoms with Crippen LogP contribution in [0.1, 0.15) is 13.8 Å². The van der Waals surface area contributed by atoms with Crippen molar-refractivity contribution in [1.29, 1.82) is 0 Å². The number of esters is 1. The Labute approximate surface area is 88.6 Å². The molecule has 5 nitrogen and oxygen atoms in total. The molecule has 0 aromatic heterocycles. The molecule has 0 aromatic carbocycles. The molecule has 1 aliphatic heterocycles. The summed E-state index contributed by atoms with van der Waals surface area (Å²) in [6.45, 7) is 4.02. The van der Waals surface area contributed by atoms with Gasteiger partial charge in [0.05, 0.1) is 20.8 Å². The second kappa shape index (κ2) is 4.33. The van der Waals surface area contributed by atoms with E-state index in [2.05, 4.69) is 4.74 Å². The van der Waals surface area contributed by atoms with Crippen LogP contribution < -0.4 is 0 Å². The summed E-state index contributed by atoms with van der Waals surface area (Å²) < 4.78 is 9.51. The zero-order valence-corrected chi connectivity index (χ0v) is 9.36. The molecule has 1 amide bonds. The number of amides is 1. The summed E-state index contributed by atoms with van der Waals surface area (Å²) >= 11 is 0. The lowest BCUT2D eigenvalue weighted by Gasteiger charge is -2.20. The Morgan fingerprint density at radius 2 is 2.00 bits per heavy atom. The maximum Gasteiger partial charge on any atom is 0.339 e. The third-order valence-electron chi connectivity index (χ3n) is 2.32. The van der Waals surface area contributed by atoms with Crippen molar-refractivity contribution in [2.45, 2.75) is 19.9 Å². The Bertz CT molecular complexity index is 319. The minimum absolute atomic E-state index is 0.0322. The van der Waals surface area contributed by atoms with Crippen molar-refractivity contribution in [3.05, 3.63) is 11.3 Å². The molecule has 1 rings (SSSR count). The van der Waals surface area contributed by atoms with Crippen LogP contribution >= 0.6 is 0 Å². The summed E-state index contributed by atoms with van der Waals surface area (Å²) in [7, 11) is 2.66. The number of carbonyl (C=O) groups is 2. The van der Waals surface area contributed by atoms with E-state index in [4.69, 9.17) is 4.74 Å². The molecule has 1 aliphatic rings. The van der Waals surface area contributed by atoms with E-state index in [0.29, 0.717) is 5.57 Å². The van der Waals surface area contributed by atoms with Crippen LogP contribution in [0, 0.1) is 0 Å². The molecule has 0 saturated carbocycles. The average Bonchev–Trinajstić information content (AvgIpc) is 2.54. The van der Waals surface area contributed by atoms with Crippen molar-refractivity contribution < 1.29 is 19.1 Å². The number of nitrogens with zero attached hydrogens (tertiary/aromatic N) is 1. The van der Waals surface area contributed by atoms with Gasteiger partial charge < -0.3 is 14.4 Å². The van der Waals surface area contributed by atoms with E-state index in [-0.39, 0.29) is 24.3 Å². The van der Waals surface area contributed by atoms with Crippen LogP contribution in [-0.4, -0.2) is 43.6 Å². The van der Waals surface area contributed by atoms with Gasteiger partial charge in [0.25, 0.3) is 5.91 Å². The first-order chi connectivity index (χ1) is 7.02. The van der Waals surface area contributed by atoms with Gasteiger partial charge in [0.2, 0.25) is 0 Å². The maximum absolute atomic E-state index is 11.7. The summed E-state index contributed by atoms with van der Waals surface area (Å²) in [5, 5.41) is 0. The minimum atomic E-state index is -0.511. The molecule has 0 atom stereocenters. The highest BCUT2D eigenvalue weighted by molar-refractivity contribution is 6.05. The van der Waals surface area contributed by atoms with Crippen molar-refractivity contribution in [2.24, 2.45) is 0 Å². The SMILES string of the molecule is COC(=O)C1=C(OC)C(=O)N(C(C)C)C1. The van der Waals surface area contributed by atoms with Crippen LogP contribution in [0.15, 0.2) is 11.3 Å². The van der Waals surface area contributed by atoms with E-state index in [0.717, 1.165) is 0 Å². The van der Waals surface area contributed by atoms with E-state index in [1.807, 2.05) is 13.8 Å². The molecule has 0 aliphatic carbocycles. The highest BCUT2D eigenvalue weighted by Crippen LogP contribution is 2.22. The molecule has 5 heteroatoms. The second-order valence-corrected chi connectivity index (χ2v) is 3.53. The highest BCUT2D eigenvalue weighted by Gasteiger charge is 2.36. The first-order valence-corrected chi connectivity index (χ1v) is 4.69. The molecule has 0 radical (unpaired) electrons. The van der Waals surface area contributed by atoms with Crippen molar-refractivity contribution in [1.82, 2.24) is 4.90 Å². The van der Waals surface area contributed by atoms with Gasteiger partial charge in [-0.2, -0.15) is 0 Å². The monoisotopic (exact) mass is 213 g/mol. The molecule has 0 bridgehead atoms. The van der Waals surface area contributed by atoms with Gasteiger partial charge in [-0.1, -0.05) is 0 Å².